The van der Waals surface area contributed by atoms with Crippen LogP contribution in [0, 0.1) is 0 Å². The minimum absolute atomic E-state index is 0.0418. The molecule has 0 aromatic rings. The number of nitrogens with zero attached hydrogens (tertiary/aromatic N) is 1. The monoisotopic (exact) mass is 235 g/mol. The van der Waals surface area contributed by atoms with Crippen LogP contribution in [-0.2, 0) is 19.4 Å². The lowest BCUT2D eigenvalue weighted by Crippen LogP contribution is -2.31. The second kappa shape index (κ2) is 5.85. The van der Waals surface area contributed by atoms with E-state index in [-0.39, 0.29) is 36.8 Å². The molecule has 0 spiro atoms. The molecule has 0 bridgehead atoms. The Morgan fingerprint density at radius 1 is 1.20 bits per heavy atom. The molecule has 0 saturated carbocycles. The summed E-state index contributed by atoms with van der Waals surface area (Å²) in [5.41, 5.74) is 0. The van der Waals surface area contributed by atoms with Crippen LogP contribution in [0.5, 0.6) is 0 Å². The van der Waals surface area contributed by atoms with Gasteiger partial charge in [-0.25, -0.2) is 8.42 Å². The fraction of sp³-hybridized carbons (Fsp3) is 0.778. The van der Waals surface area contributed by atoms with Gasteiger partial charge in [0.2, 0.25) is 5.91 Å². The SMILES string of the molecule is CC(=O)CCC(=O)N(C)CCS(C)(=O)=O. The minimum atomic E-state index is -3.04. The quantitative estimate of drug-likeness (QED) is 0.642. The standard InChI is InChI=1S/C9H17NO4S/c1-8(11)4-5-9(12)10(2)6-7-15(3,13)14/h4-7H2,1-3H3. The Hall–Kier alpha value is -0.910. The van der Waals surface area contributed by atoms with E-state index in [0.717, 1.165) is 6.26 Å². The Balaban J connectivity index is 3.95. The number of carbonyl (C=O) groups is 2. The topological polar surface area (TPSA) is 71.5 Å². The lowest BCUT2D eigenvalue weighted by Gasteiger charge is -2.15. The van der Waals surface area contributed by atoms with Crippen LogP contribution >= 0.6 is 0 Å². The molecule has 0 fully saturated rings. The van der Waals surface area contributed by atoms with Crippen molar-refractivity contribution in [1.82, 2.24) is 4.90 Å². The van der Waals surface area contributed by atoms with Gasteiger partial charge in [0.05, 0.1) is 5.75 Å². The van der Waals surface area contributed by atoms with Crippen molar-refractivity contribution in [2.24, 2.45) is 0 Å². The van der Waals surface area contributed by atoms with E-state index in [1.54, 1.807) is 0 Å². The summed E-state index contributed by atoms with van der Waals surface area (Å²) in [5.74, 6) is -0.288. The van der Waals surface area contributed by atoms with Crippen LogP contribution in [0.4, 0.5) is 0 Å². The number of sulfone groups is 1. The van der Waals surface area contributed by atoms with Gasteiger partial charge in [0, 0.05) is 32.7 Å². The van der Waals surface area contributed by atoms with Crippen molar-refractivity contribution in [3.8, 4) is 0 Å². The van der Waals surface area contributed by atoms with Gasteiger partial charge in [-0.3, -0.25) is 4.79 Å². The summed E-state index contributed by atoms with van der Waals surface area (Å²) < 4.78 is 21.7. The zero-order valence-electron chi connectivity index (χ0n) is 9.32. The van der Waals surface area contributed by atoms with Gasteiger partial charge in [0.25, 0.3) is 0 Å². The second-order valence-corrected chi connectivity index (χ2v) is 5.91. The summed E-state index contributed by atoms with van der Waals surface area (Å²) in [6.45, 7) is 1.60. The molecule has 88 valence electrons. The van der Waals surface area contributed by atoms with E-state index < -0.39 is 9.84 Å². The molecule has 6 heteroatoms. The highest BCUT2D eigenvalue weighted by molar-refractivity contribution is 7.90. The molecule has 0 aliphatic rings. The van der Waals surface area contributed by atoms with Gasteiger partial charge in [-0.15, -0.1) is 0 Å². The minimum Gasteiger partial charge on any atom is -0.345 e. The van der Waals surface area contributed by atoms with Gasteiger partial charge >= 0.3 is 0 Å². The van der Waals surface area contributed by atoms with Gasteiger partial charge < -0.3 is 9.69 Å². The van der Waals surface area contributed by atoms with Crippen LogP contribution in [0.3, 0.4) is 0 Å². The van der Waals surface area contributed by atoms with Crippen LogP contribution in [0.25, 0.3) is 0 Å². The molecule has 0 aliphatic carbocycles. The molecule has 0 atom stereocenters. The third-order valence-corrected chi connectivity index (χ3v) is 2.84. The van der Waals surface area contributed by atoms with Crippen LogP contribution in [0.15, 0.2) is 0 Å². The lowest BCUT2D eigenvalue weighted by molar-refractivity contribution is -0.131. The van der Waals surface area contributed by atoms with Crippen molar-refractivity contribution in [2.45, 2.75) is 19.8 Å². The van der Waals surface area contributed by atoms with Crippen LogP contribution in [0.2, 0.25) is 0 Å². The maximum Gasteiger partial charge on any atom is 0.222 e. The Morgan fingerprint density at radius 2 is 1.73 bits per heavy atom. The third kappa shape index (κ3) is 8.11. The van der Waals surface area contributed by atoms with Crippen molar-refractivity contribution in [3.05, 3.63) is 0 Å². The highest BCUT2D eigenvalue weighted by Gasteiger charge is 2.11. The summed E-state index contributed by atoms with van der Waals surface area (Å²) in [7, 11) is -1.51. The molecular formula is C9H17NO4S. The van der Waals surface area contributed by atoms with Crippen molar-refractivity contribution >= 4 is 21.5 Å². The first-order valence-corrected chi connectivity index (χ1v) is 6.69. The smallest absolute Gasteiger partial charge is 0.222 e. The molecule has 0 unspecified atom stereocenters. The lowest BCUT2D eigenvalue weighted by atomic mass is 10.2. The molecule has 0 N–H and O–H groups in total. The number of carbonyl (C=O) groups excluding carboxylic acids is 2. The summed E-state index contributed by atoms with van der Waals surface area (Å²) >= 11 is 0. The zero-order chi connectivity index (χ0) is 12.1. The third-order valence-electron chi connectivity index (χ3n) is 1.91. The second-order valence-electron chi connectivity index (χ2n) is 3.65. The number of hydrogen-bond donors (Lipinski definition) is 0. The van der Waals surface area contributed by atoms with Crippen molar-refractivity contribution in [2.75, 3.05) is 25.6 Å². The Morgan fingerprint density at radius 3 is 2.13 bits per heavy atom. The first-order valence-electron chi connectivity index (χ1n) is 4.63. The first kappa shape index (κ1) is 14.1. The highest BCUT2D eigenvalue weighted by Crippen LogP contribution is 1.97. The summed E-state index contributed by atoms with van der Waals surface area (Å²) in [5, 5.41) is 0. The normalized spacial score (nSPS) is 11.1. The van der Waals surface area contributed by atoms with E-state index in [4.69, 9.17) is 0 Å². The summed E-state index contributed by atoms with van der Waals surface area (Å²) in [6.07, 6.45) is 1.48. The van der Waals surface area contributed by atoms with Crippen LogP contribution in [-0.4, -0.2) is 50.6 Å². The number of ketones is 1. The predicted octanol–water partition coefficient (Wildman–Crippen LogP) is -0.141. The molecule has 0 rings (SSSR count). The van der Waals surface area contributed by atoms with E-state index in [9.17, 15) is 18.0 Å². The van der Waals surface area contributed by atoms with Gasteiger partial charge in [-0.05, 0) is 6.92 Å². The Kier molecular flexibility index (Phi) is 5.49. The van der Waals surface area contributed by atoms with Gasteiger partial charge in [-0.2, -0.15) is 0 Å². The number of hydrogen-bond acceptors (Lipinski definition) is 4. The molecule has 0 aromatic heterocycles. The van der Waals surface area contributed by atoms with E-state index in [2.05, 4.69) is 0 Å². The zero-order valence-corrected chi connectivity index (χ0v) is 10.1. The van der Waals surface area contributed by atoms with Crippen molar-refractivity contribution in [3.63, 3.8) is 0 Å². The van der Waals surface area contributed by atoms with Gasteiger partial charge in [0.15, 0.2) is 0 Å². The van der Waals surface area contributed by atoms with E-state index in [1.165, 1.54) is 18.9 Å². The Bertz CT molecular complexity index is 334. The molecule has 0 radical (unpaired) electrons. The molecule has 0 aromatic carbocycles. The van der Waals surface area contributed by atoms with Gasteiger partial charge in [-0.1, -0.05) is 0 Å². The number of amides is 1. The molecule has 0 saturated heterocycles. The van der Waals surface area contributed by atoms with Crippen molar-refractivity contribution < 1.29 is 18.0 Å². The summed E-state index contributed by atoms with van der Waals surface area (Å²) in [4.78, 5) is 23.3. The maximum atomic E-state index is 11.3. The van der Waals surface area contributed by atoms with E-state index in [1.807, 2.05) is 0 Å². The fourth-order valence-electron chi connectivity index (χ4n) is 0.901. The van der Waals surface area contributed by atoms with Gasteiger partial charge in [0.1, 0.15) is 15.6 Å². The number of rotatable bonds is 6. The van der Waals surface area contributed by atoms with E-state index in [0.29, 0.717) is 0 Å². The fourth-order valence-corrected chi connectivity index (χ4v) is 1.51. The molecule has 0 heterocycles. The average molecular weight is 235 g/mol. The predicted molar refractivity (Wildman–Crippen MR) is 57.3 cm³/mol. The molecular weight excluding hydrogens is 218 g/mol. The molecule has 15 heavy (non-hydrogen) atoms. The summed E-state index contributed by atoms with van der Waals surface area (Å²) in [6, 6.07) is 0. The first-order chi connectivity index (χ1) is 6.72. The molecule has 0 aliphatic heterocycles. The maximum absolute atomic E-state index is 11.3. The Labute approximate surface area is 90.4 Å². The van der Waals surface area contributed by atoms with Crippen molar-refractivity contribution in [1.29, 1.82) is 0 Å². The van der Waals surface area contributed by atoms with Crippen LogP contribution in [0.1, 0.15) is 19.8 Å². The molecule has 1 amide bonds. The van der Waals surface area contributed by atoms with Crippen LogP contribution < -0.4 is 0 Å². The number of Topliss-reactive ketones (excluding diaryl/α,β-unsaturated/α-hetero) is 1. The average Bonchev–Trinajstić information content (AvgIpc) is 2.08. The van der Waals surface area contributed by atoms with E-state index >= 15 is 0 Å². The largest absolute Gasteiger partial charge is 0.345 e. The highest BCUT2D eigenvalue weighted by atomic mass is 32.2. The molecule has 5 nitrogen and oxygen atoms in total.